The van der Waals surface area contributed by atoms with Crippen LogP contribution in [-0.4, -0.2) is 95.4 Å². The van der Waals surface area contributed by atoms with Crippen LogP contribution < -0.4 is 5.73 Å². The minimum atomic E-state index is 0.0200. The largest absolute Gasteiger partial charge is 0.381 e. The highest BCUT2D eigenvalue weighted by Gasteiger charge is 2.14. The fourth-order valence-electron chi connectivity index (χ4n) is 2.50. The molecule has 0 atom stereocenters. The quantitative estimate of drug-likeness (QED) is 0.108. The molecule has 31 heavy (non-hydrogen) atoms. The smallest absolute Gasteiger partial charge is 0.146 e. The van der Waals surface area contributed by atoms with Gasteiger partial charge in [-0.05, 0) is 23.9 Å². The number of hydrogen-bond donors (Lipinski definition) is 1. The zero-order valence-electron chi connectivity index (χ0n) is 18.1. The first kappa shape index (κ1) is 28.8. The SMILES string of the molecule is [N-]=[N+]=NCCOCCCC(=O)CN(CCOCCN)CC(=O)CCCOCCN=[N+]=[N-]. The van der Waals surface area contributed by atoms with Gasteiger partial charge in [-0.25, -0.2) is 0 Å². The van der Waals surface area contributed by atoms with Crippen molar-refractivity contribution in [3.8, 4) is 0 Å². The van der Waals surface area contributed by atoms with Crippen molar-refractivity contribution in [2.45, 2.75) is 25.7 Å². The molecule has 0 rings (SSSR count). The molecule has 0 aromatic carbocycles. The second-order valence-electron chi connectivity index (χ2n) is 6.53. The number of carbonyl (C=O) groups excluding carboxylic acids is 2. The Kier molecular flexibility index (Phi) is 20.8. The summed E-state index contributed by atoms with van der Waals surface area (Å²) in [6.07, 6.45) is 1.81. The minimum Gasteiger partial charge on any atom is -0.381 e. The summed E-state index contributed by atoms with van der Waals surface area (Å²) in [5.74, 6) is 0.0401. The average molecular weight is 443 g/mol. The van der Waals surface area contributed by atoms with E-state index in [2.05, 4.69) is 20.1 Å². The number of nitrogens with two attached hydrogens (primary N) is 1. The van der Waals surface area contributed by atoms with Gasteiger partial charge in [0.2, 0.25) is 0 Å². The van der Waals surface area contributed by atoms with E-state index in [0.717, 1.165) is 0 Å². The van der Waals surface area contributed by atoms with Crippen LogP contribution in [0.3, 0.4) is 0 Å². The van der Waals surface area contributed by atoms with Crippen LogP contribution in [0.25, 0.3) is 20.9 Å². The van der Waals surface area contributed by atoms with Crippen LogP contribution in [0.5, 0.6) is 0 Å². The van der Waals surface area contributed by atoms with E-state index in [9.17, 15) is 9.59 Å². The van der Waals surface area contributed by atoms with Gasteiger partial charge in [0.05, 0.1) is 39.5 Å². The molecule has 0 unspecified atom stereocenters. The van der Waals surface area contributed by atoms with Gasteiger partial charge in [0.15, 0.2) is 0 Å². The van der Waals surface area contributed by atoms with E-state index in [-0.39, 0.29) is 37.7 Å². The lowest BCUT2D eigenvalue weighted by Gasteiger charge is -2.21. The number of carbonyl (C=O) groups is 2. The van der Waals surface area contributed by atoms with Gasteiger partial charge in [-0.3, -0.25) is 14.5 Å². The van der Waals surface area contributed by atoms with Crippen molar-refractivity contribution in [3.05, 3.63) is 20.9 Å². The van der Waals surface area contributed by atoms with Crippen LogP contribution in [0.2, 0.25) is 0 Å². The summed E-state index contributed by atoms with van der Waals surface area (Å²) in [4.78, 5) is 31.6. The van der Waals surface area contributed by atoms with E-state index in [1.807, 2.05) is 0 Å². The number of hydrogen-bond acceptors (Lipinski definition) is 9. The van der Waals surface area contributed by atoms with Gasteiger partial charge in [0.25, 0.3) is 0 Å². The Morgan fingerprint density at radius 3 is 1.71 bits per heavy atom. The minimum absolute atomic E-state index is 0.0200. The van der Waals surface area contributed by atoms with Gasteiger partial charge < -0.3 is 19.9 Å². The van der Waals surface area contributed by atoms with Crippen LogP contribution in [0, 0.1) is 0 Å². The molecule has 0 aliphatic carbocycles. The predicted molar refractivity (Wildman–Crippen MR) is 114 cm³/mol. The van der Waals surface area contributed by atoms with Crippen molar-refractivity contribution in [3.63, 3.8) is 0 Å². The zero-order chi connectivity index (χ0) is 23.0. The summed E-state index contributed by atoms with van der Waals surface area (Å²) in [6, 6.07) is 0. The molecule has 0 amide bonds. The van der Waals surface area contributed by atoms with Crippen LogP contribution in [0.15, 0.2) is 10.2 Å². The molecule has 13 heteroatoms. The van der Waals surface area contributed by atoms with Crippen LogP contribution >= 0.6 is 0 Å². The summed E-state index contributed by atoms with van der Waals surface area (Å²) in [5.41, 5.74) is 21.7. The van der Waals surface area contributed by atoms with Crippen LogP contribution in [0.4, 0.5) is 0 Å². The van der Waals surface area contributed by atoms with Gasteiger partial charge in [-0.2, -0.15) is 0 Å². The monoisotopic (exact) mass is 442 g/mol. The van der Waals surface area contributed by atoms with E-state index in [4.69, 9.17) is 31.0 Å². The lowest BCUT2D eigenvalue weighted by Crippen LogP contribution is -2.37. The molecule has 0 fully saturated rings. The van der Waals surface area contributed by atoms with Crippen molar-refractivity contribution in [1.29, 1.82) is 0 Å². The lowest BCUT2D eigenvalue weighted by molar-refractivity contribution is -0.123. The first-order valence-corrected chi connectivity index (χ1v) is 10.3. The first-order valence-electron chi connectivity index (χ1n) is 10.3. The highest BCUT2D eigenvalue weighted by atomic mass is 16.5. The molecule has 0 heterocycles. The summed E-state index contributed by atoms with van der Waals surface area (Å²) in [7, 11) is 0. The van der Waals surface area contributed by atoms with Crippen molar-refractivity contribution in [2.24, 2.45) is 16.0 Å². The third kappa shape index (κ3) is 20.8. The number of rotatable bonds is 23. The van der Waals surface area contributed by atoms with E-state index in [0.29, 0.717) is 78.4 Å². The Morgan fingerprint density at radius 1 is 0.774 bits per heavy atom. The average Bonchev–Trinajstić information content (AvgIpc) is 2.75. The zero-order valence-corrected chi connectivity index (χ0v) is 18.1. The molecule has 0 radical (unpaired) electrons. The number of Topliss-reactive ketones (excluding diaryl/α,β-unsaturated/α-hetero) is 2. The van der Waals surface area contributed by atoms with E-state index in [1.54, 1.807) is 4.90 Å². The molecular formula is C18H34N8O5. The predicted octanol–water partition coefficient (Wildman–Crippen LogP) is 1.62. The Bertz CT molecular complexity index is 535. The maximum absolute atomic E-state index is 12.3. The van der Waals surface area contributed by atoms with Crippen molar-refractivity contribution in [1.82, 2.24) is 4.90 Å². The third-order valence-electron chi connectivity index (χ3n) is 3.90. The number of ether oxygens (including phenoxy) is 3. The Hall–Kier alpha value is -2.24. The summed E-state index contributed by atoms with van der Waals surface area (Å²) in [5, 5.41) is 6.72. The molecule has 0 saturated carbocycles. The standard InChI is InChI=1S/C18H34N8O5/c19-5-11-31-14-8-26(15-17(27)3-1-9-29-12-6-22-24-20)16-18(28)4-2-10-30-13-7-23-25-21/h1-16,19H2. The Balaban J connectivity index is 4.18. The Labute approximate surface area is 182 Å². The number of azide groups is 2. The Morgan fingerprint density at radius 2 is 1.26 bits per heavy atom. The molecule has 0 bridgehead atoms. The van der Waals surface area contributed by atoms with Crippen LogP contribution in [0.1, 0.15) is 25.7 Å². The maximum atomic E-state index is 12.3. The molecule has 0 saturated heterocycles. The van der Waals surface area contributed by atoms with Crippen molar-refractivity contribution < 1.29 is 23.8 Å². The first-order chi connectivity index (χ1) is 15.1. The fraction of sp³-hybridized carbons (Fsp3) is 0.889. The molecule has 176 valence electrons. The van der Waals surface area contributed by atoms with E-state index < -0.39 is 0 Å². The maximum Gasteiger partial charge on any atom is 0.146 e. The fourth-order valence-corrected chi connectivity index (χ4v) is 2.50. The second kappa shape index (κ2) is 22.4. The lowest BCUT2D eigenvalue weighted by atomic mass is 10.2. The highest BCUT2D eigenvalue weighted by molar-refractivity contribution is 5.83. The molecule has 0 spiro atoms. The van der Waals surface area contributed by atoms with Gasteiger partial charge in [-0.1, -0.05) is 10.2 Å². The van der Waals surface area contributed by atoms with Gasteiger partial charge in [0, 0.05) is 62.1 Å². The van der Waals surface area contributed by atoms with Crippen molar-refractivity contribution >= 4 is 11.6 Å². The second-order valence-corrected chi connectivity index (χ2v) is 6.53. The number of nitrogens with zero attached hydrogens (tertiary/aromatic N) is 7. The third-order valence-corrected chi connectivity index (χ3v) is 3.90. The molecule has 0 aromatic heterocycles. The molecule has 0 aromatic rings. The van der Waals surface area contributed by atoms with Gasteiger partial charge in [-0.15, -0.1) is 0 Å². The van der Waals surface area contributed by atoms with Gasteiger partial charge in [0.1, 0.15) is 11.6 Å². The van der Waals surface area contributed by atoms with E-state index in [1.165, 1.54) is 0 Å². The molecule has 0 aliphatic rings. The molecule has 13 nitrogen and oxygen atoms in total. The van der Waals surface area contributed by atoms with Crippen LogP contribution in [-0.2, 0) is 23.8 Å². The molecular weight excluding hydrogens is 408 g/mol. The molecule has 0 aliphatic heterocycles. The summed E-state index contributed by atoms with van der Waals surface area (Å²) in [6.45, 7) is 4.02. The number of ketones is 2. The highest BCUT2D eigenvalue weighted by Crippen LogP contribution is 2.00. The summed E-state index contributed by atoms with van der Waals surface area (Å²) < 4.78 is 15.9. The van der Waals surface area contributed by atoms with Gasteiger partial charge >= 0.3 is 0 Å². The topological polar surface area (TPSA) is 189 Å². The summed E-state index contributed by atoms with van der Waals surface area (Å²) >= 11 is 0. The van der Waals surface area contributed by atoms with E-state index >= 15 is 0 Å². The molecule has 2 N–H and O–H groups in total. The normalized spacial score (nSPS) is 10.5. The van der Waals surface area contributed by atoms with Crippen molar-refractivity contribution in [2.75, 3.05) is 78.9 Å².